The van der Waals surface area contributed by atoms with Crippen molar-refractivity contribution < 1.29 is 19.1 Å². The van der Waals surface area contributed by atoms with E-state index in [1.165, 1.54) is 16.2 Å². The van der Waals surface area contributed by atoms with Crippen molar-refractivity contribution in [1.29, 1.82) is 0 Å². The van der Waals surface area contributed by atoms with E-state index in [9.17, 15) is 14.4 Å². The van der Waals surface area contributed by atoms with Crippen molar-refractivity contribution in [3.05, 3.63) is 46.7 Å². The molecule has 8 heteroatoms. The normalized spacial score (nSPS) is 33.4. The summed E-state index contributed by atoms with van der Waals surface area (Å²) < 4.78 is 5.42. The van der Waals surface area contributed by atoms with Crippen LogP contribution in [0.2, 0.25) is 0 Å². The van der Waals surface area contributed by atoms with Gasteiger partial charge < -0.3 is 4.74 Å². The van der Waals surface area contributed by atoms with Crippen LogP contribution in [0.3, 0.4) is 0 Å². The Hall–Kier alpha value is -1.51. The smallest absolute Gasteiger partial charge is 0.353 e. The third-order valence-electron chi connectivity index (χ3n) is 6.00. The lowest BCUT2D eigenvalue weighted by Crippen LogP contribution is -2.37. The predicted molar refractivity (Wildman–Crippen MR) is 112 cm³/mol. The summed E-state index contributed by atoms with van der Waals surface area (Å²) in [6, 6.07) is 10.1. The van der Waals surface area contributed by atoms with Gasteiger partial charge in [-0.05, 0) is 41.8 Å². The lowest BCUT2D eigenvalue weighted by atomic mass is 9.81. The lowest BCUT2D eigenvalue weighted by Gasteiger charge is -2.28. The molecule has 2 bridgehead atoms. The fourth-order valence-corrected chi connectivity index (χ4v) is 7.31. The molecule has 6 atom stereocenters. The van der Waals surface area contributed by atoms with Crippen molar-refractivity contribution in [1.82, 2.24) is 0 Å². The fraction of sp³-hybridized carbons (Fsp3) is 0.350. The Morgan fingerprint density at radius 3 is 2.32 bits per heavy atom. The predicted octanol–water partition coefficient (Wildman–Crippen LogP) is 4.25. The Kier molecular flexibility index (Phi) is 4.48. The maximum atomic E-state index is 13.1. The summed E-state index contributed by atoms with van der Waals surface area (Å²) >= 11 is 8.68. The number of rotatable bonds is 3. The summed E-state index contributed by atoms with van der Waals surface area (Å²) in [6.07, 6.45) is 0.894. The Balaban J connectivity index is 1.42. The number of carbonyl (C=O) groups excluding carboxylic acids is 3. The van der Waals surface area contributed by atoms with Gasteiger partial charge in [-0.15, -0.1) is 11.3 Å². The lowest BCUT2D eigenvalue weighted by molar-refractivity contribution is -0.123. The largest absolute Gasteiger partial charge is 0.422 e. The summed E-state index contributed by atoms with van der Waals surface area (Å²) in [6.45, 7) is 0. The van der Waals surface area contributed by atoms with E-state index in [0.717, 1.165) is 6.42 Å². The number of halogens is 2. The molecule has 5 rings (SSSR count). The molecule has 1 saturated heterocycles. The van der Waals surface area contributed by atoms with Gasteiger partial charge in [-0.3, -0.25) is 9.59 Å². The third kappa shape index (κ3) is 2.64. The highest BCUT2D eigenvalue weighted by Crippen LogP contribution is 2.60. The van der Waals surface area contributed by atoms with Crippen molar-refractivity contribution in [3.63, 3.8) is 0 Å². The minimum absolute atomic E-state index is 0.145. The minimum Gasteiger partial charge on any atom is -0.422 e. The molecular formula is C20H15Br2NO4S. The van der Waals surface area contributed by atoms with Gasteiger partial charge in [0.15, 0.2) is 0 Å². The van der Waals surface area contributed by atoms with Gasteiger partial charge in [0.25, 0.3) is 0 Å². The molecule has 2 heterocycles. The monoisotopic (exact) mass is 523 g/mol. The Labute approximate surface area is 182 Å². The van der Waals surface area contributed by atoms with E-state index in [1.807, 2.05) is 0 Å². The maximum absolute atomic E-state index is 13.1. The molecule has 144 valence electrons. The van der Waals surface area contributed by atoms with Crippen LogP contribution in [0.15, 0.2) is 41.8 Å². The van der Waals surface area contributed by atoms with E-state index in [2.05, 4.69) is 31.9 Å². The topological polar surface area (TPSA) is 63.7 Å². The molecule has 2 aliphatic carbocycles. The van der Waals surface area contributed by atoms with Crippen LogP contribution in [0.1, 0.15) is 16.1 Å². The zero-order valence-electron chi connectivity index (χ0n) is 14.5. The van der Waals surface area contributed by atoms with Gasteiger partial charge in [0.05, 0.1) is 17.5 Å². The van der Waals surface area contributed by atoms with E-state index in [-0.39, 0.29) is 45.1 Å². The first-order valence-electron chi connectivity index (χ1n) is 8.99. The molecule has 2 amide bonds. The summed E-state index contributed by atoms with van der Waals surface area (Å²) in [5, 5.41) is 1.80. The number of nitrogens with zero attached hydrogens (tertiary/aromatic N) is 1. The number of hydrogen-bond acceptors (Lipinski definition) is 5. The molecule has 2 aromatic rings. The molecule has 0 radical (unpaired) electrons. The van der Waals surface area contributed by atoms with E-state index in [1.54, 1.807) is 41.8 Å². The summed E-state index contributed by atoms with van der Waals surface area (Å²) in [7, 11) is 0. The molecule has 5 nitrogen and oxygen atoms in total. The van der Waals surface area contributed by atoms with Crippen molar-refractivity contribution in [2.75, 3.05) is 4.90 Å². The number of imide groups is 1. The average molecular weight is 525 g/mol. The van der Waals surface area contributed by atoms with Crippen LogP contribution in [0.4, 0.5) is 5.69 Å². The number of hydrogen-bond donors (Lipinski definition) is 0. The standard InChI is InChI=1S/C20H15Br2NO4S/c21-16-11-8-12(17(16)22)15-14(11)18(24)23(19(15)25)9-3-1-4-10(7-9)27-20(26)13-5-2-6-28-13/h1-7,11-12,14-17H,8H2/t11-,12-,14-,15-,16-,17+/m1/s1. The molecule has 0 N–H and O–H groups in total. The fourth-order valence-electron chi connectivity index (χ4n) is 4.84. The molecule has 2 saturated carbocycles. The second kappa shape index (κ2) is 6.78. The van der Waals surface area contributed by atoms with Gasteiger partial charge in [0, 0.05) is 15.7 Å². The zero-order valence-corrected chi connectivity index (χ0v) is 18.4. The summed E-state index contributed by atoms with van der Waals surface area (Å²) in [5.74, 6) is -0.637. The highest BCUT2D eigenvalue weighted by molar-refractivity contribution is 9.12. The van der Waals surface area contributed by atoms with Crippen LogP contribution in [0.5, 0.6) is 5.75 Å². The first kappa shape index (κ1) is 18.5. The molecule has 28 heavy (non-hydrogen) atoms. The molecule has 3 fully saturated rings. The van der Waals surface area contributed by atoms with Crippen molar-refractivity contribution in [2.24, 2.45) is 23.7 Å². The number of carbonyl (C=O) groups is 3. The SMILES string of the molecule is O=C(Oc1cccc(N2C(=O)[C@@H]3[C@H]4C[C@@H]([C@@H](Br)[C@H]4Br)[C@H]3C2=O)c1)c1cccs1. The summed E-state index contributed by atoms with van der Waals surface area (Å²) in [4.78, 5) is 40.6. The van der Waals surface area contributed by atoms with Gasteiger partial charge in [0.1, 0.15) is 10.6 Å². The Bertz CT molecular complexity index is 946. The molecule has 3 aliphatic rings. The minimum atomic E-state index is -0.453. The van der Waals surface area contributed by atoms with Gasteiger partial charge in [0.2, 0.25) is 11.8 Å². The van der Waals surface area contributed by atoms with Crippen LogP contribution < -0.4 is 9.64 Å². The molecule has 0 unspecified atom stereocenters. The van der Waals surface area contributed by atoms with Gasteiger partial charge in [-0.2, -0.15) is 0 Å². The highest BCUT2D eigenvalue weighted by Gasteiger charge is 2.66. The number of anilines is 1. The number of ether oxygens (including phenoxy) is 1. The van der Waals surface area contributed by atoms with E-state index in [0.29, 0.717) is 16.3 Å². The molecule has 1 aliphatic heterocycles. The number of alkyl halides is 2. The first-order chi connectivity index (χ1) is 13.5. The van der Waals surface area contributed by atoms with Gasteiger partial charge >= 0.3 is 5.97 Å². The van der Waals surface area contributed by atoms with E-state index < -0.39 is 5.97 Å². The van der Waals surface area contributed by atoms with Crippen molar-refractivity contribution in [2.45, 2.75) is 16.1 Å². The number of fused-ring (bicyclic) bond motifs is 5. The third-order valence-corrected chi connectivity index (χ3v) is 10.1. The van der Waals surface area contributed by atoms with Gasteiger partial charge in [-0.25, -0.2) is 9.69 Å². The van der Waals surface area contributed by atoms with Crippen LogP contribution >= 0.6 is 43.2 Å². The van der Waals surface area contributed by atoms with Crippen LogP contribution in [0.25, 0.3) is 0 Å². The van der Waals surface area contributed by atoms with Crippen LogP contribution in [-0.4, -0.2) is 27.4 Å². The molecule has 1 aromatic heterocycles. The Morgan fingerprint density at radius 2 is 1.71 bits per heavy atom. The van der Waals surface area contributed by atoms with Gasteiger partial charge in [-0.1, -0.05) is 44.0 Å². The van der Waals surface area contributed by atoms with E-state index in [4.69, 9.17) is 4.74 Å². The molecule has 1 aromatic carbocycles. The van der Waals surface area contributed by atoms with Crippen LogP contribution in [-0.2, 0) is 9.59 Å². The quantitative estimate of drug-likeness (QED) is 0.260. The number of amides is 2. The molecule has 0 spiro atoms. The second-order valence-corrected chi connectivity index (χ2v) is 10.4. The van der Waals surface area contributed by atoms with Crippen LogP contribution in [0, 0.1) is 23.7 Å². The zero-order chi connectivity index (χ0) is 19.6. The summed E-state index contributed by atoms with van der Waals surface area (Å²) in [5.41, 5.74) is 0.456. The number of thiophene rings is 1. The number of benzene rings is 1. The second-order valence-electron chi connectivity index (χ2n) is 7.38. The maximum Gasteiger partial charge on any atom is 0.353 e. The molecular weight excluding hydrogens is 510 g/mol. The van der Waals surface area contributed by atoms with E-state index >= 15 is 0 Å². The Morgan fingerprint density at radius 1 is 1.04 bits per heavy atom. The van der Waals surface area contributed by atoms with Crippen molar-refractivity contribution in [3.8, 4) is 5.75 Å². The average Bonchev–Trinajstić information content (AvgIpc) is 3.43. The highest BCUT2D eigenvalue weighted by atomic mass is 79.9. The first-order valence-corrected chi connectivity index (χ1v) is 11.7. The number of esters is 1. The van der Waals surface area contributed by atoms with Crippen molar-refractivity contribution >= 4 is 66.7 Å².